The summed E-state index contributed by atoms with van der Waals surface area (Å²) in [6.07, 6.45) is 1.56. The molecule has 96 valence electrons. The van der Waals surface area contributed by atoms with Crippen LogP contribution in [0.3, 0.4) is 0 Å². The third kappa shape index (κ3) is 3.32. The summed E-state index contributed by atoms with van der Waals surface area (Å²) in [4.78, 5) is 22.9. The summed E-state index contributed by atoms with van der Waals surface area (Å²) in [5, 5.41) is 2.88. The Morgan fingerprint density at radius 2 is 2.11 bits per heavy atom. The minimum Gasteiger partial charge on any atom is -0.481 e. The molecule has 0 radical (unpaired) electrons. The molecule has 1 amide bonds. The van der Waals surface area contributed by atoms with Crippen LogP contribution in [0.5, 0.6) is 5.75 Å². The third-order valence-corrected chi connectivity index (χ3v) is 2.85. The van der Waals surface area contributed by atoms with Crippen molar-refractivity contribution in [2.24, 2.45) is 0 Å². The Labute approximate surface area is 106 Å². The van der Waals surface area contributed by atoms with E-state index in [9.17, 15) is 9.59 Å². The van der Waals surface area contributed by atoms with Crippen LogP contribution in [0.15, 0.2) is 24.3 Å². The first-order valence-corrected chi connectivity index (χ1v) is 6.14. The first kappa shape index (κ1) is 12.6. The highest BCUT2D eigenvalue weighted by Gasteiger charge is 2.26. The number of ketones is 1. The highest BCUT2D eigenvalue weighted by molar-refractivity contribution is 5.94. The van der Waals surface area contributed by atoms with Gasteiger partial charge in [-0.05, 0) is 38.8 Å². The smallest absolute Gasteiger partial charge is 0.260 e. The molecule has 1 aliphatic rings. The second-order valence-corrected chi connectivity index (χ2v) is 4.63. The lowest BCUT2D eigenvalue weighted by Crippen LogP contribution is -2.37. The van der Waals surface area contributed by atoms with Gasteiger partial charge in [-0.2, -0.15) is 0 Å². The van der Waals surface area contributed by atoms with Gasteiger partial charge in [0, 0.05) is 11.6 Å². The molecule has 1 fully saturated rings. The van der Waals surface area contributed by atoms with Crippen LogP contribution < -0.4 is 10.1 Å². The SMILES string of the molecule is CC(=O)c1cccc(O[C@H](C)C(=O)NC2CC2)c1. The van der Waals surface area contributed by atoms with Crippen molar-refractivity contribution >= 4 is 11.7 Å². The summed E-state index contributed by atoms with van der Waals surface area (Å²) < 4.78 is 5.53. The summed E-state index contributed by atoms with van der Waals surface area (Å²) in [5.74, 6) is 0.419. The van der Waals surface area contributed by atoms with Gasteiger partial charge >= 0.3 is 0 Å². The molecular weight excluding hydrogens is 230 g/mol. The van der Waals surface area contributed by atoms with Crippen LogP contribution in [-0.4, -0.2) is 23.8 Å². The highest BCUT2D eigenvalue weighted by Crippen LogP contribution is 2.20. The van der Waals surface area contributed by atoms with Crippen LogP contribution in [-0.2, 0) is 4.79 Å². The molecule has 1 aromatic carbocycles. The molecule has 1 atom stereocenters. The van der Waals surface area contributed by atoms with Crippen LogP contribution in [0.2, 0.25) is 0 Å². The first-order valence-electron chi connectivity index (χ1n) is 6.14. The maximum absolute atomic E-state index is 11.7. The topological polar surface area (TPSA) is 55.4 Å². The third-order valence-electron chi connectivity index (χ3n) is 2.85. The van der Waals surface area contributed by atoms with Crippen molar-refractivity contribution in [3.05, 3.63) is 29.8 Å². The Balaban J connectivity index is 1.96. The standard InChI is InChI=1S/C14H17NO3/c1-9(16)11-4-3-5-13(8-11)18-10(2)14(17)15-12-6-7-12/h3-5,8,10,12H,6-7H2,1-2H3,(H,15,17)/t10-/m1/s1. The van der Waals surface area contributed by atoms with Crippen LogP contribution in [0.25, 0.3) is 0 Å². The van der Waals surface area contributed by atoms with Crippen molar-refractivity contribution in [2.45, 2.75) is 38.8 Å². The normalized spacial score (nSPS) is 15.9. The van der Waals surface area contributed by atoms with E-state index in [4.69, 9.17) is 4.74 Å². The van der Waals surface area contributed by atoms with Gasteiger partial charge in [0.05, 0.1) is 0 Å². The lowest BCUT2D eigenvalue weighted by Gasteiger charge is -2.14. The fourth-order valence-corrected chi connectivity index (χ4v) is 1.59. The molecule has 0 unspecified atom stereocenters. The van der Waals surface area contributed by atoms with E-state index >= 15 is 0 Å². The van der Waals surface area contributed by atoms with E-state index in [0.717, 1.165) is 12.8 Å². The lowest BCUT2D eigenvalue weighted by atomic mass is 10.1. The van der Waals surface area contributed by atoms with Crippen molar-refractivity contribution in [3.8, 4) is 5.75 Å². The molecular formula is C14H17NO3. The zero-order valence-corrected chi connectivity index (χ0v) is 10.6. The van der Waals surface area contributed by atoms with Crippen molar-refractivity contribution < 1.29 is 14.3 Å². The van der Waals surface area contributed by atoms with E-state index in [1.165, 1.54) is 6.92 Å². The molecule has 0 saturated heterocycles. The van der Waals surface area contributed by atoms with Gasteiger partial charge in [-0.25, -0.2) is 0 Å². The Hall–Kier alpha value is -1.84. The molecule has 1 aromatic rings. The average molecular weight is 247 g/mol. The summed E-state index contributed by atoms with van der Waals surface area (Å²) >= 11 is 0. The second-order valence-electron chi connectivity index (χ2n) is 4.63. The number of carbonyl (C=O) groups is 2. The van der Waals surface area contributed by atoms with Crippen LogP contribution in [0.4, 0.5) is 0 Å². The van der Waals surface area contributed by atoms with Gasteiger partial charge in [-0.15, -0.1) is 0 Å². The van der Waals surface area contributed by atoms with Crippen LogP contribution in [0.1, 0.15) is 37.0 Å². The van der Waals surface area contributed by atoms with E-state index in [1.54, 1.807) is 31.2 Å². The molecule has 0 bridgehead atoms. The van der Waals surface area contributed by atoms with Crippen molar-refractivity contribution in [1.29, 1.82) is 0 Å². The maximum atomic E-state index is 11.7. The predicted molar refractivity (Wildman–Crippen MR) is 67.7 cm³/mol. The zero-order valence-electron chi connectivity index (χ0n) is 10.6. The predicted octanol–water partition coefficient (Wildman–Crippen LogP) is 1.94. The summed E-state index contributed by atoms with van der Waals surface area (Å²) in [6.45, 7) is 3.21. The number of amides is 1. The second kappa shape index (κ2) is 5.21. The number of benzene rings is 1. The van der Waals surface area contributed by atoms with Crippen LogP contribution >= 0.6 is 0 Å². The molecule has 4 nitrogen and oxygen atoms in total. The molecule has 4 heteroatoms. The molecule has 0 heterocycles. The number of rotatable bonds is 5. The van der Waals surface area contributed by atoms with Crippen LogP contribution in [0, 0.1) is 0 Å². The van der Waals surface area contributed by atoms with Crippen molar-refractivity contribution in [2.75, 3.05) is 0 Å². The van der Waals surface area contributed by atoms with E-state index in [0.29, 0.717) is 17.4 Å². The Bertz CT molecular complexity index is 466. The van der Waals surface area contributed by atoms with Gasteiger partial charge in [0.2, 0.25) is 0 Å². The quantitative estimate of drug-likeness (QED) is 0.809. The Kier molecular flexibility index (Phi) is 3.65. The molecule has 18 heavy (non-hydrogen) atoms. The Morgan fingerprint density at radius 1 is 1.39 bits per heavy atom. The first-order chi connectivity index (χ1) is 8.56. The number of ether oxygens (including phenoxy) is 1. The van der Waals surface area contributed by atoms with E-state index in [1.807, 2.05) is 0 Å². The van der Waals surface area contributed by atoms with Gasteiger partial charge in [0.25, 0.3) is 5.91 Å². The number of carbonyl (C=O) groups excluding carboxylic acids is 2. The molecule has 1 saturated carbocycles. The van der Waals surface area contributed by atoms with E-state index < -0.39 is 6.10 Å². The maximum Gasteiger partial charge on any atom is 0.260 e. The largest absolute Gasteiger partial charge is 0.481 e. The van der Waals surface area contributed by atoms with Gasteiger partial charge < -0.3 is 10.1 Å². The molecule has 0 spiro atoms. The number of nitrogens with one attached hydrogen (secondary N) is 1. The van der Waals surface area contributed by atoms with Gasteiger partial charge in [0.15, 0.2) is 11.9 Å². The average Bonchev–Trinajstić information content (AvgIpc) is 3.13. The van der Waals surface area contributed by atoms with Gasteiger partial charge in [-0.1, -0.05) is 12.1 Å². The number of hydrogen-bond acceptors (Lipinski definition) is 3. The molecule has 0 aromatic heterocycles. The number of hydrogen-bond donors (Lipinski definition) is 1. The molecule has 0 aliphatic heterocycles. The van der Waals surface area contributed by atoms with Gasteiger partial charge in [-0.3, -0.25) is 9.59 Å². The fraction of sp³-hybridized carbons (Fsp3) is 0.429. The van der Waals surface area contributed by atoms with Gasteiger partial charge in [0.1, 0.15) is 5.75 Å². The number of Topliss-reactive ketones (excluding diaryl/α,β-unsaturated/α-hetero) is 1. The molecule has 2 rings (SSSR count). The molecule has 1 aliphatic carbocycles. The summed E-state index contributed by atoms with van der Waals surface area (Å²) in [7, 11) is 0. The van der Waals surface area contributed by atoms with E-state index in [2.05, 4.69) is 5.32 Å². The monoisotopic (exact) mass is 247 g/mol. The fourth-order valence-electron chi connectivity index (χ4n) is 1.59. The zero-order chi connectivity index (χ0) is 13.1. The summed E-state index contributed by atoms with van der Waals surface area (Å²) in [5.41, 5.74) is 0.585. The van der Waals surface area contributed by atoms with E-state index in [-0.39, 0.29) is 11.7 Å². The minimum atomic E-state index is -0.548. The summed E-state index contributed by atoms with van der Waals surface area (Å²) in [6, 6.07) is 7.20. The Morgan fingerprint density at radius 3 is 2.72 bits per heavy atom. The lowest BCUT2D eigenvalue weighted by molar-refractivity contribution is -0.127. The highest BCUT2D eigenvalue weighted by atomic mass is 16.5. The minimum absolute atomic E-state index is 0.0180. The van der Waals surface area contributed by atoms with Crippen molar-refractivity contribution in [1.82, 2.24) is 5.32 Å². The molecule has 1 N–H and O–H groups in total. The van der Waals surface area contributed by atoms with Crippen molar-refractivity contribution in [3.63, 3.8) is 0 Å².